The van der Waals surface area contributed by atoms with Crippen LogP contribution in [0.1, 0.15) is 33.9 Å². The van der Waals surface area contributed by atoms with Crippen molar-refractivity contribution in [3.8, 4) is 11.3 Å². The Hall–Kier alpha value is -2.97. The lowest BCUT2D eigenvalue weighted by molar-refractivity contribution is 0.0759. The summed E-state index contributed by atoms with van der Waals surface area (Å²) >= 11 is 6.48. The van der Waals surface area contributed by atoms with Crippen LogP contribution in [0.4, 0.5) is 5.82 Å². The molecule has 32 heavy (non-hydrogen) atoms. The molecule has 1 unspecified atom stereocenters. The van der Waals surface area contributed by atoms with Gasteiger partial charge in [0.1, 0.15) is 17.3 Å². The molecule has 0 bridgehead atoms. The molecule has 1 atom stereocenters. The highest BCUT2D eigenvalue weighted by molar-refractivity contribution is 6.33. The zero-order chi connectivity index (χ0) is 22.4. The van der Waals surface area contributed by atoms with Crippen molar-refractivity contribution in [2.24, 2.45) is 0 Å². The molecule has 0 radical (unpaired) electrons. The van der Waals surface area contributed by atoms with Crippen molar-refractivity contribution in [2.75, 3.05) is 24.5 Å². The predicted molar refractivity (Wildman–Crippen MR) is 122 cm³/mol. The molecule has 1 amide bonds. The van der Waals surface area contributed by atoms with Gasteiger partial charge in [-0.1, -0.05) is 17.7 Å². The maximum atomic E-state index is 12.7. The number of hydrogen-bond donors (Lipinski definition) is 1. The Labute approximate surface area is 191 Å². The minimum atomic E-state index is -0.441. The molecule has 2 aliphatic heterocycles. The van der Waals surface area contributed by atoms with E-state index in [0.29, 0.717) is 43.3 Å². The average molecular weight is 453 g/mol. The van der Waals surface area contributed by atoms with E-state index < -0.39 is 6.10 Å². The summed E-state index contributed by atoms with van der Waals surface area (Å²) in [5.41, 5.74) is 4.30. The van der Waals surface area contributed by atoms with Gasteiger partial charge < -0.3 is 19.5 Å². The first-order valence-electron chi connectivity index (χ1n) is 10.8. The van der Waals surface area contributed by atoms with Crippen LogP contribution in [-0.2, 0) is 13.1 Å². The highest BCUT2D eigenvalue weighted by Gasteiger charge is 2.29. The Morgan fingerprint density at radius 2 is 2.00 bits per heavy atom. The third kappa shape index (κ3) is 3.84. The Balaban J connectivity index is 1.39. The third-order valence-electron chi connectivity index (χ3n) is 6.11. The van der Waals surface area contributed by atoms with Gasteiger partial charge in [0, 0.05) is 50.3 Å². The quantitative estimate of drug-likeness (QED) is 0.657. The topological polar surface area (TPSA) is 87.4 Å². The van der Waals surface area contributed by atoms with Crippen LogP contribution in [0.3, 0.4) is 0 Å². The SMILES string of the molecule is Cc1cnc(-c2cc(N3CCn4cc(C(=O)N5CCC(O)C5)nc4C3)ncc2Cl)c(C)c1. The first-order valence-corrected chi connectivity index (χ1v) is 11.1. The second kappa shape index (κ2) is 8.18. The number of amides is 1. The van der Waals surface area contributed by atoms with E-state index >= 15 is 0 Å². The second-order valence-electron chi connectivity index (χ2n) is 8.55. The number of fused-ring (bicyclic) bond motifs is 1. The highest BCUT2D eigenvalue weighted by atomic mass is 35.5. The molecule has 3 aromatic heterocycles. The Morgan fingerprint density at radius 3 is 2.75 bits per heavy atom. The molecular weight excluding hydrogens is 428 g/mol. The van der Waals surface area contributed by atoms with Crippen LogP contribution >= 0.6 is 11.6 Å². The summed E-state index contributed by atoms with van der Waals surface area (Å²) < 4.78 is 2.03. The predicted octanol–water partition coefficient (Wildman–Crippen LogP) is 2.84. The fourth-order valence-electron chi connectivity index (χ4n) is 4.42. The summed E-state index contributed by atoms with van der Waals surface area (Å²) in [7, 11) is 0. The van der Waals surface area contributed by atoms with Crippen LogP contribution < -0.4 is 4.90 Å². The van der Waals surface area contributed by atoms with Crippen molar-refractivity contribution in [3.63, 3.8) is 0 Å². The number of β-amino-alcohol motifs (C(OH)–C–C–N with tert-alkyl or cyclic N) is 1. The van der Waals surface area contributed by atoms with Crippen molar-refractivity contribution in [3.05, 3.63) is 58.4 Å². The summed E-state index contributed by atoms with van der Waals surface area (Å²) in [5.74, 6) is 1.50. The molecule has 1 saturated heterocycles. The molecule has 5 rings (SSSR count). The van der Waals surface area contributed by atoms with Crippen molar-refractivity contribution in [1.29, 1.82) is 0 Å². The molecule has 3 aromatic rings. The van der Waals surface area contributed by atoms with Gasteiger partial charge in [-0.15, -0.1) is 0 Å². The van der Waals surface area contributed by atoms with E-state index in [1.54, 1.807) is 11.1 Å². The number of aliphatic hydroxyl groups excluding tert-OH is 1. The fraction of sp³-hybridized carbons (Fsp3) is 0.391. The molecule has 0 saturated carbocycles. The number of imidazole rings is 1. The summed E-state index contributed by atoms with van der Waals surface area (Å²) in [6.07, 6.45) is 5.51. The highest BCUT2D eigenvalue weighted by Crippen LogP contribution is 2.32. The van der Waals surface area contributed by atoms with Gasteiger partial charge >= 0.3 is 0 Å². The van der Waals surface area contributed by atoms with Gasteiger partial charge in [-0.3, -0.25) is 9.78 Å². The molecule has 1 fully saturated rings. The third-order valence-corrected chi connectivity index (χ3v) is 6.41. The van der Waals surface area contributed by atoms with Crippen LogP contribution in [0.5, 0.6) is 0 Å². The summed E-state index contributed by atoms with van der Waals surface area (Å²) in [6, 6.07) is 4.07. The largest absolute Gasteiger partial charge is 0.391 e. The number of rotatable bonds is 3. The van der Waals surface area contributed by atoms with Gasteiger partial charge in [-0.05, 0) is 37.5 Å². The zero-order valence-electron chi connectivity index (χ0n) is 18.1. The second-order valence-corrected chi connectivity index (χ2v) is 8.96. The number of aryl methyl sites for hydroxylation is 2. The first-order chi connectivity index (χ1) is 15.4. The summed E-state index contributed by atoms with van der Waals surface area (Å²) in [5, 5.41) is 10.3. The summed E-state index contributed by atoms with van der Waals surface area (Å²) in [4.78, 5) is 30.3. The normalized spacial score (nSPS) is 18.2. The van der Waals surface area contributed by atoms with Crippen molar-refractivity contribution in [1.82, 2.24) is 24.4 Å². The fourth-order valence-corrected chi connectivity index (χ4v) is 4.61. The lowest BCUT2D eigenvalue weighted by Crippen LogP contribution is -2.34. The molecule has 166 valence electrons. The van der Waals surface area contributed by atoms with Crippen LogP contribution in [0.2, 0.25) is 5.02 Å². The Morgan fingerprint density at radius 1 is 1.16 bits per heavy atom. The van der Waals surface area contributed by atoms with E-state index in [1.807, 2.05) is 36.9 Å². The smallest absolute Gasteiger partial charge is 0.274 e. The number of carbonyl (C=O) groups is 1. The van der Waals surface area contributed by atoms with Gasteiger partial charge in [-0.25, -0.2) is 9.97 Å². The van der Waals surface area contributed by atoms with Crippen molar-refractivity contribution in [2.45, 2.75) is 39.5 Å². The molecule has 8 nitrogen and oxygen atoms in total. The minimum Gasteiger partial charge on any atom is -0.391 e. The van der Waals surface area contributed by atoms with Crippen LogP contribution in [-0.4, -0.2) is 61.2 Å². The number of anilines is 1. The van der Waals surface area contributed by atoms with E-state index in [2.05, 4.69) is 25.9 Å². The molecule has 0 aliphatic carbocycles. The van der Waals surface area contributed by atoms with Crippen molar-refractivity contribution >= 4 is 23.3 Å². The van der Waals surface area contributed by atoms with Crippen LogP contribution in [0.15, 0.2) is 30.7 Å². The van der Waals surface area contributed by atoms with E-state index in [1.165, 1.54) is 0 Å². The molecule has 0 spiro atoms. The number of likely N-dealkylation sites (tertiary alicyclic amines) is 1. The number of aromatic nitrogens is 4. The van der Waals surface area contributed by atoms with Gasteiger partial charge in [0.05, 0.1) is 23.4 Å². The lowest BCUT2D eigenvalue weighted by Gasteiger charge is -2.29. The lowest BCUT2D eigenvalue weighted by atomic mass is 10.1. The minimum absolute atomic E-state index is 0.122. The zero-order valence-corrected chi connectivity index (χ0v) is 18.9. The van der Waals surface area contributed by atoms with Gasteiger partial charge in [0.25, 0.3) is 5.91 Å². The maximum Gasteiger partial charge on any atom is 0.274 e. The molecule has 1 N–H and O–H groups in total. The van der Waals surface area contributed by atoms with Crippen molar-refractivity contribution < 1.29 is 9.90 Å². The molecule has 9 heteroatoms. The van der Waals surface area contributed by atoms with Gasteiger partial charge in [0.15, 0.2) is 0 Å². The number of nitrogens with zero attached hydrogens (tertiary/aromatic N) is 6. The Bertz CT molecular complexity index is 1190. The molecule has 0 aromatic carbocycles. The monoisotopic (exact) mass is 452 g/mol. The average Bonchev–Trinajstić information content (AvgIpc) is 3.39. The Kier molecular flexibility index (Phi) is 5.35. The summed E-state index contributed by atoms with van der Waals surface area (Å²) in [6.45, 7) is 6.98. The number of pyridine rings is 2. The standard InChI is InChI=1S/C23H25ClN6O2/c1-14-7-15(2)22(26-9-14)17-8-20(25-10-18(17)24)29-6-5-28-12-19(27-21(28)13-29)23(32)30-4-3-16(31)11-30/h7-10,12,16,31H,3-6,11,13H2,1-2H3. The van der Waals surface area contributed by atoms with E-state index in [0.717, 1.165) is 40.6 Å². The molecule has 2 aliphatic rings. The maximum absolute atomic E-state index is 12.7. The van der Waals surface area contributed by atoms with Crippen LogP contribution in [0, 0.1) is 13.8 Å². The van der Waals surface area contributed by atoms with E-state index in [-0.39, 0.29) is 5.91 Å². The molecular formula is C23H25ClN6O2. The first kappa shape index (κ1) is 20.9. The number of halogens is 1. The molecule has 5 heterocycles. The van der Waals surface area contributed by atoms with Crippen LogP contribution in [0.25, 0.3) is 11.3 Å². The number of carbonyl (C=O) groups excluding carboxylic acids is 1. The van der Waals surface area contributed by atoms with E-state index in [4.69, 9.17) is 11.6 Å². The van der Waals surface area contributed by atoms with Gasteiger partial charge in [0.2, 0.25) is 0 Å². The van der Waals surface area contributed by atoms with Gasteiger partial charge in [-0.2, -0.15) is 0 Å². The van der Waals surface area contributed by atoms with E-state index in [9.17, 15) is 9.90 Å². The number of hydrogen-bond acceptors (Lipinski definition) is 6. The number of aliphatic hydroxyl groups is 1.